The van der Waals surface area contributed by atoms with Crippen molar-refractivity contribution in [2.45, 2.75) is 38.1 Å². The van der Waals surface area contributed by atoms with Gasteiger partial charge in [-0.1, -0.05) is 30.9 Å². The molecule has 0 aromatic heterocycles. The molecule has 0 unspecified atom stereocenters. The molecule has 0 heterocycles. The Bertz CT molecular complexity index is 611. The lowest BCUT2D eigenvalue weighted by atomic mass is 9.96. The first-order valence-electron chi connectivity index (χ1n) is 7.56. The lowest BCUT2D eigenvalue weighted by Gasteiger charge is -2.17. The molecule has 0 saturated heterocycles. The van der Waals surface area contributed by atoms with E-state index in [0.717, 1.165) is 12.8 Å². The van der Waals surface area contributed by atoms with Crippen molar-refractivity contribution in [1.82, 2.24) is 0 Å². The van der Waals surface area contributed by atoms with Gasteiger partial charge in [-0.3, -0.25) is 9.05 Å². The Morgan fingerprint density at radius 1 is 1.17 bits per heavy atom. The Kier molecular flexibility index (Phi) is 6.88. The minimum absolute atomic E-state index is 0.221. The SMILES string of the molecule is COP(=O)(OC)OC(=C=NC1CCCCC1)c1ccc(Cl)cc1. The Hall–Kier alpha value is -1.09. The number of aliphatic imine (C=N–C) groups is 1. The highest BCUT2D eigenvalue weighted by Crippen LogP contribution is 2.50. The number of phosphoric ester groups is 1. The molecule has 1 aromatic rings. The number of benzene rings is 1. The maximum Gasteiger partial charge on any atom is 0.530 e. The summed E-state index contributed by atoms with van der Waals surface area (Å²) < 4.78 is 27.4. The van der Waals surface area contributed by atoms with Crippen molar-refractivity contribution >= 4 is 31.1 Å². The Balaban J connectivity index is 2.31. The van der Waals surface area contributed by atoms with Crippen LogP contribution < -0.4 is 0 Å². The van der Waals surface area contributed by atoms with E-state index in [1.807, 2.05) is 0 Å². The highest BCUT2D eigenvalue weighted by atomic mass is 35.5. The third-order valence-electron chi connectivity index (χ3n) is 3.68. The zero-order chi connectivity index (χ0) is 16.7. The second-order valence-electron chi connectivity index (χ2n) is 5.27. The first-order chi connectivity index (χ1) is 11.1. The van der Waals surface area contributed by atoms with Gasteiger partial charge in [-0.2, -0.15) is 0 Å². The van der Waals surface area contributed by atoms with E-state index in [2.05, 4.69) is 10.9 Å². The van der Waals surface area contributed by atoms with E-state index < -0.39 is 7.82 Å². The normalized spacial score (nSPS) is 15.8. The fourth-order valence-electron chi connectivity index (χ4n) is 2.36. The molecular formula is C16H21ClNO4P. The van der Waals surface area contributed by atoms with E-state index >= 15 is 0 Å². The number of nitrogens with zero attached hydrogens (tertiary/aromatic N) is 1. The van der Waals surface area contributed by atoms with Crippen LogP contribution in [-0.2, 0) is 18.1 Å². The predicted octanol–water partition coefficient (Wildman–Crippen LogP) is 5.10. The number of hydrogen-bond donors (Lipinski definition) is 0. The Morgan fingerprint density at radius 3 is 2.35 bits per heavy atom. The van der Waals surface area contributed by atoms with E-state index in [1.54, 1.807) is 24.3 Å². The maximum atomic E-state index is 12.3. The van der Waals surface area contributed by atoms with Gasteiger partial charge in [0.15, 0.2) is 5.76 Å². The van der Waals surface area contributed by atoms with Crippen molar-refractivity contribution in [1.29, 1.82) is 0 Å². The van der Waals surface area contributed by atoms with E-state index in [4.69, 9.17) is 25.2 Å². The Labute approximate surface area is 141 Å². The molecule has 1 saturated carbocycles. The summed E-state index contributed by atoms with van der Waals surface area (Å²) in [5.41, 5.74) is 0.656. The second kappa shape index (κ2) is 8.68. The van der Waals surface area contributed by atoms with E-state index in [0.29, 0.717) is 10.6 Å². The van der Waals surface area contributed by atoms with Crippen molar-refractivity contribution in [3.8, 4) is 0 Å². The molecule has 1 aliphatic rings. The van der Waals surface area contributed by atoms with Crippen LogP contribution in [-0.4, -0.2) is 26.1 Å². The van der Waals surface area contributed by atoms with Gasteiger partial charge in [-0.25, -0.2) is 9.56 Å². The lowest BCUT2D eigenvalue weighted by Crippen LogP contribution is -2.09. The van der Waals surface area contributed by atoms with Gasteiger partial charge in [0, 0.05) is 30.7 Å². The minimum atomic E-state index is -3.68. The summed E-state index contributed by atoms with van der Waals surface area (Å²) >= 11 is 5.90. The predicted molar refractivity (Wildman–Crippen MR) is 91.9 cm³/mol. The lowest BCUT2D eigenvalue weighted by molar-refractivity contribution is 0.202. The van der Waals surface area contributed by atoms with Crippen LogP contribution in [0.15, 0.2) is 29.3 Å². The van der Waals surface area contributed by atoms with E-state index in [1.165, 1.54) is 33.5 Å². The summed E-state index contributed by atoms with van der Waals surface area (Å²) in [5, 5.41) is 0.596. The molecule has 1 aliphatic carbocycles. The zero-order valence-corrected chi connectivity index (χ0v) is 15.0. The van der Waals surface area contributed by atoms with Crippen LogP contribution in [0.25, 0.3) is 5.76 Å². The molecule has 0 bridgehead atoms. The summed E-state index contributed by atoms with van der Waals surface area (Å²) in [4.78, 5) is 4.46. The number of hydrogen-bond acceptors (Lipinski definition) is 5. The molecule has 0 spiro atoms. The molecule has 2 rings (SSSR count). The monoisotopic (exact) mass is 357 g/mol. The summed E-state index contributed by atoms with van der Waals surface area (Å²) in [6, 6.07) is 7.15. The van der Waals surface area contributed by atoms with Gasteiger partial charge in [-0.15, -0.1) is 0 Å². The molecule has 126 valence electrons. The third kappa shape index (κ3) is 5.49. The Morgan fingerprint density at radius 2 is 1.78 bits per heavy atom. The first kappa shape index (κ1) is 18.3. The molecule has 7 heteroatoms. The second-order valence-corrected chi connectivity index (χ2v) is 7.52. The fourth-order valence-corrected chi connectivity index (χ4v) is 3.15. The van der Waals surface area contributed by atoms with Crippen LogP contribution in [0.3, 0.4) is 0 Å². The van der Waals surface area contributed by atoms with Crippen molar-refractivity contribution in [3.05, 3.63) is 34.9 Å². The van der Waals surface area contributed by atoms with Gasteiger partial charge in [-0.05, 0) is 37.1 Å². The topological polar surface area (TPSA) is 57.1 Å². The molecule has 0 aliphatic heterocycles. The third-order valence-corrected chi connectivity index (χ3v) is 5.23. The van der Waals surface area contributed by atoms with Crippen LogP contribution in [0.5, 0.6) is 0 Å². The maximum absolute atomic E-state index is 12.3. The molecule has 5 nitrogen and oxygen atoms in total. The van der Waals surface area contributed by atoms with Crippen molar-refractivity contribution in [2.24, 2.45) is 4.99 Å². The van der Waals surface area contributed by atoms with E-state index in [-0.39, 0.29) is 11.8 Å². The van der Waals surface area contributed by atoms with Gasteiger partial charge in [0.2, 0.25) is 0 Å². The molecule has 1 aromatic carbocycles. The van der Waals surface area contributed by atoms with Gasteiger partial charge in [0.1, 0.15) is 0 Å². The molecular weight excluding hydrogens is 337 g/mol. The van der Waals surface area contributed by atoms with Gasteiger partial charge in [0.05, 0.1) is 6.04 Å². The van der Waals surface area contributed by atoms with Crippen molar-refractivity contribution in [2.75, 3.05) is 14.2 Å². The molecule has 0 N–H and O–H groups in total. The molecule has 0 radical (unpaired) electrons. The smallest absolute Gasteiger partial charge is 0.393 e. The summed E-state index contributed by atoms with van der Waals surface area (Å²) in [6.45, 7) is 0. The molecule has 1 fully saturated rings. The highest BCUT2D eigenvalue weighted by molar-refractivity contribution is 7.48. The fraction of sp³-hybridized carbons (Fsp3) is 0.500. The average Bonchev–Trinajstić information content (AvgIpc) is 2.60. The van der Waals surface area contributed by atoms with Gasteiger partial charge < -0.3 is 4.52 Å². The van der Waals surface area contributed by atoms with Crippen LogP contribution in [0.2, 0.25) is 5.02 Å². The van der Waals surface area contributed by atoms with Crippen LogP contribution in [0, 0.1) is 0 Å². The zero-order valence-electron chi connectivity index (χ0n) is 13.3. The van der Waals surface area contributed by atoms with Crippen molar-refractivity contribution in [3.63, 3.8) is 0 Å². The molecule has 23 heavy (non-hydrogen) atoms. The average molecular weight is 358 g/mol. The minimum Gasteiger partial charge on any atom is -0.393 e. The number of phosphoric acid groups is 1. The standard InChI is InChI=1S/C16H21ClNO4P/c1-20-23(19,21-2)22-16(13-8-10-14(17)11-9-13)12-18-15-6-4-3-5-7-15/h8-11,15H,3-7H2,1-2H3. The van der Waals surface area contributed by atoms with Crippen LogP contribution >= 0.6 is 19.4 Å². The quantitative estimate of drug-likeness (QED) is 0.403. The summed E-state index contributed by atoms with van der Waals surface area (Å²) in [5.74, 6) is 3.12. The highest BCUT2D eigenvalue weighted by Gasteiger charge is 2.27. The molecule has 0 atom stereocenters. The molecule has 0 amide bonds. The van der Waals surface area contributed by atoms with Crippen LogP contribution in [0.4, 0.5) is 0 Å². The summed E-state index contributed by atoms with van der Waals surface area (Å²) in [7, 11) is -1.15. The van der Waals surface area contributed by atoms with Gasteiger partial charge in [0.25, 0.3) is 0 Å². The largest absolute Gasteiger partial charge is 0.530 e. The van der Waals surface area contributed by atoms with Gasteiger partial charge >= 0.3 is 7.82 Å². The summed E-state index contributed by atoms with van der Waals surface area (Å²) in [6.07, 6.45) is 5.66. The first-order valence-corrected chi connectivity index (χ1v) is 9.40. The number of rotatable bonds is 6. The number of halogens is 1. The van der Waals surface area contributed by atoms with Crippen molar-refractivity contribution < 1.29 is 18.1 Å². The van der Waals surface area contributed by atoms with Crippen LogP contribution in [0.1, 0.15) is 37.7 Å². The van der Waals surface area contributed by atoms with E-state index in [9.17, 15) is 4.57 Å².